The maximum atomic E-state index is 13.4. The first kappa shape index (κ1) is 34.1. The highest BCUT2D eigenvalue weighted by Gasteiger charge is 2.29. The van der Waals surface area contributed by atoms with Crippen molar-refractivity contribution in [3.63, 3.8) is 0 Å². The van der Waals surface area contributed by atoms with E-state index < -0.39 is 21.3 Å². The first-order valence-electron chi connectivity index (χ1n) is 14.7. The van der Waals surface area contributed by atoms with Gasteiger partial charge in [0.1, 0.15) is 32.8 Å². The van der Waals surface area contributed by atoms with Crippen molar-refractivity contribution in [1.29, 1.82) is 0 Å². The number of anilines is 3. The molecular weight excluding hydrogens is 653 g/mol. The first-order valence-corrected chi connectivity index (χ1v) is 17.5. The van der Waals surface area contributed by atoms with Crippen molar-refractivity contribution in [2.75, 3.05) is 43.8 Å². The Balaban J connectivity index is 1.43. The highest BCUT2D eigenvalue weighted by atomic mass is 32.2. The summed E-state index contributed by atoms with van der Waals surface area (Å²) in [5.41, 5.74) is 7.96. The van der Waals surface area contributed by atoms with E-state index >= 15 is 0 Å². The molecule has 0 saturated heterocycles. The van der Waals surface area contributed by atoms with E-state index in [2.05, 4.69) is 20.6 Å². The zero-order valence-corrected chi connectivity index (χ0v) is 29.2. The van der Waals surface area contributed by atoms with E-state index in [1.54, 1.807) is 56.0 Å². The summed E-state index contributed by atoms with van der Waals surface area (Å²) in [5, 5.41) is 9.32. The minimum atomic E-state index is -3.82. The third-order valence-corrected chi connectivity index (χ3v) is 9.36. The number of methoxy groups -OCH3 is 1. The van der Waals surface area contributed by atoms with Gasteiger partial charge in [-0.3, -0.25) is 9.78 Å². The number of ether oxygens (including phenoxy) is 2. The number of rotatable bonds is 8. The minimum Gasteiger partial charge on any atom is -0.493 e. The molecule has 0 aliphatic heterocycles. The van der Waals surface area contributed by atoms with Gasteiger partial charge in [-0.05, 0) is 35.2 Å². The molecule has 5 aromatic rings. The van der Waals surface area contributed by atoms with E-state index in [0.29, 0.717) is 44.5 Å². The van der Waals surface area contributed by atoms with Gasteiger partial charge >= 0.3 is 6.03 Å². The Labute approximate surface area is 282 Å². The van der Waals surface area contributed by atoms with Crippen LogP contribution in [0.4, 0.5) is 21.9 Å². The number of aromatic nitrogens is 2. The van der Waals surface area contributed by atoms with Crippen LogP contribution in [0.2, 0.25) is 0 Å². The monoisotopic (exact) mass is 688 g/mol. The Morgan fingerprint density at radius 3 is 2.31 bits per heavy atom. The Morgan fingerprint density at radius 2 is 1.67 bits per heavy atom. The number of nitrogens with zero attached hydrogens (tertiary/aromatic N) is 3. The number of amides is 3. The van der Waals surface area contributed by atoms with Gasteiger partial charge < -0.3 is 30.7 Å². The second-order valence-electron chi connectivity index (χ2n) is 12.2. The van der Waals surface area contributed by atoms with Crippen molar-refractivity contribution >= 4 is 60.9 Å². The van der Waals surface area contributed by atoms with Gasteiger partial charge in [0.2, 0.25) is 0 Å². The highest BCUT2D eigenvalue weighted by Crippen LogP contribution is 2.43. The SMILES string of the molecule is COc1c(NC(=O)Nc2ccc(Oc3ccnc(-c4nc(C(=O)N(C)C)cs4)c3)c3ccccc23)cc(C(C)(C)C)c(N)c1S(C)(=O)=O. The molecule has 3 amide bonds. The summed E-state index contributed by atoms with van der Waals surface area (Å²) in [5.74, 6) is 0.789. The number of nitrogen functional groups attached to an aromatic ring is 1. The largest absolute Gasteiger partial charge is 0.493 e. The summed E-state index contributed by atoms with van der Waals surface area (Å²) in [7, 11) is 0.840. The van der Waals surface area contributed by atoms with Crippen LogP contribution in [0.25, 0.3) is 21.5 Å². The van der Waals surface area contributed by atoms with Crippen LogP contribution in [-0.4, -0.2) is 62.7 Å². The van der Waals surface area contributed by atoms with Crippen LogP contribution in [0, 0.1) is 0 Å². The number of pyridine rings is 1. The lowest BCUT2D eigenvalue weighted by Crippen LogP contribution is -2.23. The van der Waals surface area contributed by atoms with Crippen molar-refractivity contribution < 1.29 is 27.5 Å². The van der Waals surface area contributed by atoms with Crippen LogP contribution in [0.3, 0.4) is 0 Å². The number of fused-ring (bicyclic) bond motifs is 1. The van der Waals surface area contributed by atoms with Gasteiger partial charge in [-0.2, -0.15) is 0 Å². The quantitative estimate of drug-likeness (QED) is 0.149. The maximum absolute atomic E-state index is 13.4. The second-order valence-corrected chi connectivity index (χ2v) is 15.0. The van der Waals surface area contributed by atoms with Crippen LogP contribution in [-0.2, 0) is 15.3 Å². The number of hydrogen-bond acceptors (Lipinski definition) is 10. The number of nitrogens with two attached hydrogens (primary N) is 1. The molecule has 0 aliphatic carbocycles. The fourth-order valence-electron chi connectivity index (χ4n) is 5.12. The molecule has 0 bridgehead atoms. The van der Waals surface area contributed by atoms with Crippen LogP contribution in [0.5, 0.6) is 17.2 Å². The molecule has 250 valence electrons. The average molecular weight is 689 g/mol. The average Bonchev–Trinajstić information content (AvgIpc) is 3.52. The Kier molecular flexibility index (Phi) is 9.33. The van der Waals surface area contributed by atoms with Crippen LogP contribution < -0.4 is 25.8 Å². The number of carbonyl (C=O) groups excluding carboxylic acids is 2. The van der Waals surface area contributed by atoms with Crippen LogP contribution >= 0.6 is 11.3 Å². The Morgan fingerprint density at radius 1 is 0.979 bits per heavy atom. The third-order valence-electron chi connectivity index (χ3n) is 7.35. The Hall–Kier alpha value is -5.21. The zero-order chi connectivity index (χ0) is 35.0. The van der Waals surface area contributed by atoms with Gasteiger partial charge in [-0.25, -0.2) is 18.2 Å². The predicted octanol–water partition coefficient (Wildman–Crippen LogP) is 6.79. The number of thiazole rings is 1. The highest BCUT2D eigenvalue weighted by molar-refractivity contribution is 7.91. The molecular formula is C34H36N6O6S2. The van der Waals surface area contributed by atoms with Crippen LogP contribution in [0.15, 0.2) is 71.1 Å². The van der Waals surface area contributed by atoms with Crippen molar-refractivity contribution in [3.05, 3.63) is 77.4 Å². The lowest BCUT2D eigenvalue weighted by molar-refractivity contribution is 0.0823. The molecule has 0 saturated carbocycles. The van der Waals surface area contributed by atoms with Gasteiger partial charge in [0.25, 0.3) is 5.91 Å². The van der Waals surface area contributed by atoms with Gasteiger partial charge in [-0.1, -0.05) is 45.0 Å². The maximum Gasteiger partial charge on any atom is 0.323 e. The van der Waals surface area contributed by atoms with Gasteiger partial charge in [0, 0.05) is 48.8 Å². The molecule has 4 N–H and O–H groups in total. The van der Waals surface area contributed by atoms with Crippen molar-refractivity contribution in [3.8, 4) is 28.0 Å². The predicted molar refractivity (Wildman–Crippen MR) is 189 cm³/mol. The fourth-order valence-corrected chi connectivity index (χ4v) is 6.92. The third kappa shape index (κ3) is 7.04. The first-order chi connectivity index (χ1) is 22.6. The molecule has 3 aromatic carbocycles. The number of benzene rings is 3. The molecule has 0 fully saturated rings. The van der Waals surface area contributed by atoms with Gasteiger partial charge in [-0.15, -0.1) is 11.3 Å². The van der Waals surface area contributed by atoms with E-state index in [4.69, 9.17) is 15.2 Å². The van der Waals surface area contributed by atoms with E-state index in [1.165, 1.54) is 23.3 Å². The van der Waals surface area contributed by atoms with Crippen molar-refractivity contribution in [2.24, 2.45) is 0 Å². The molecule has 2 aromatic heterocycles. The molecule has 0 spiro atoms. The van der Waals surface area contributed by atoms with Crippen molar-refractivity contribution in [1.82, 2.24) is 14.9 Å². The summed E-state index contributed by atoms with van der Waals surface area (Å²) in [6.45, 7) is 5.69. The van der Waals surface area contributed by atoms with E-state index in [-0.39, 0.29) is 27.9 Å². The molecule has 0 atom stereocenters. The lowest BCUT2D eigenvalue weighted by Gasteiger charge is -2.26. The summed E-state index contributed by atoms with van der Waals surface area (Å²) in [6, 6.07) is 15.3. The normalized spacial score (nSPS) is 11.6. The van der Waals surface area contributed by atoms with Gasteiger partial charge in [0.05, 0.1) is 24.2 Å². The molecule has 0 unspecified atom stereocenters. The fraction of sp³-hybridized carbons (Fsp3) is 0.235. The lowest BCUT2D eigenvalue weighted by atomic mass is 9.85. The topological polar surface area (TPSA) is 166 Å². The van der Waals surface area contributed by atoms with Crippen molar-refractivity contribution in [2.45, 2.75) is 31.1 Å². The molecule has 12 nitrogen and oxygen atoms in total. The molecule has 0 aliphatic rings. The summed E-state index contributed by atoms with van der Waals surface area (Å²) < 4.78 is 37.3. The van der Waals surface area contributed by atoms with Gasteiger partial charge in [0.15, 0.2) is 15.6 Å². The summed E-state index contributed by atoms with van der Waals surface area (Å²) in [6.07, 6.45) is 2.65. The second kappa shape index (κ2) is 13.1. The molecule has 5 rings (SSSR count). The number of urea groups is 1. The van der Waals surface area contributed by atoms with E-state index in [9.17, 15) is 18.0 Å². The zero-order valence-electron chi connectivity index (χ0n) is 27.5. The van der Waals surface area contributed by atoms with E-state index in [0.717, 1.165) is 11.6 Å². The smallest absolute Gasteiger partial charge is 0.323 e. The molecule has 2 heterocycles. The number of hydrogen-bond donors (Lipinski definition) is 3. The number of nitrogens with one attached hydrogen (secondary N) is 2. The number of sulfone groups is 1. The molecule has 0 radical (unpaired) electrons. The summed E-state index contributed by atoms with van der Waals surface area (Å²) >= 11 is 1.31. The molecule has 48 heavy (non-hydrogen) atoms. The number of carbonyl (C=O) groups is 2. The standard InChI is InChI=1S/C34H36N6O6S2/c1-34(2,3)22-17-24(29(45-6)30(28(22)35)48(7,43)44)39-33(42)38-23-12-13-27(21-11-9-8-10-20(21)23)46-19-14-15-36-25(16-19)31-37-26(18-47-31)32(41)40(4)5/h8-18H,35H2,1-7H3,(H2,38,39,42). The van der Waals surface area contributed by atoms with Crippen LogP contribution in [0.1, 0.15) is 36.8 Å². The molecule has 14 heteroatoms. The Bertz CT molecular complexity index is 2160. The van der Waals surface area contributed by atoms with E-state index in [1.807, 2.05) is 45.0 Å². The summed E-state index contributed by atoms with van der Waals surface area (Å²) in [4.78, 5) is 35.8. The minimum absolute atomic E-state index is 0.0539.